The van der Waals surface area contributed by atoms with Gasteiger partial charge in [0.1, 0.15) is 0 Å². The molecule has 0 saturated carbocycles. The van der Waals surface area contributed by atoms with Crippen LogP contribution in [0.25, 0.3) is 0 Å². The molecule has 1 aromatic rings. The predicted molar refractivity (Wildman–Crippen MR) is 59.6 cm³/mol. The third-order valence-electron chi connectivity index (χ3n) is 1.99. The molecular weight excluding hydrogens is 278 g/mol. The van der Waals surface area contributed by atoms with E-state index in [9.17, 15) is 15.2 Å². The summed E-state index contributed by atoms with van der Waals surface area (Å²) in [5.74, 6) is -0.490. The number of nitro groups is 1. The van der Waals surface area contributed by atoms with Crippen molar-refractivity contribution >= 4 is 21.6 Å². The van der Waals surface area contributed by atoms with E-state index in [1.54, 1.807) is 0 Å². The van der Waals surface area contributed by atoms with Gasteiger partial charge in [-0.05, 0) is 6.07 Å². The molecule has 0 heterocycles. The number of hydrogen-bond acceptors (Lipinski definition) is 5. The quantitative estimate of drug-likeness (QED) is 0.651. The van der Waals surface area contributed by atoms with E-state index in [0.717, 1.165) is 0 Å². The van der Waals surface area contributed by atoms with Crippen molar-refractivity contribution in [2.45, 2.75) is 12.5 Å². The molecule has 3 N–H and O–H groups in total. The Balaban J connectivity index is 3.30. The summed E-state index contributed by atoms with van der Waals surface area (Å²) >= 11 is 3.08. The van der Waals surface area contributed by atoms with Crippen molar-refractivity contribution in [3.05, 3.63) is 32.3 Å². The van der Waals surface area contributed by atoms with Gasteiger partial charge in [-0.25, -0.2) is 0 Å². The van der Waals surface area contributed by atoms with Crippen LogP contribution in [-0.2, 0) is 0 Å². The Morgan fingerprint density at radius 3 is 2.81 bits per heavy atom. The highest BCUT2D eigenvalue weighted by Crippen LogP contribution is 2.36. The van der Waals surface area contributed by atoms with Crippen LogP contribution in [0, 0.1) is 21.4 Å². The first kappa shape index (κ1) is 12.4. The number of benzene rings is 1. The molecule has 0 radical (unpaired) electrons. The van der Waals surface area contributed by atoms with Gasteiger partial charge in [-0.3, -0.25) is 10.1 Å². The molecule has 1 atom stereocenters. The van der Waals surface area contributed by atoms with Gasteiger partial charge in [0.25, 0.3) is 0 Å². The molecule has 1 aromatic carbocycles. The van der Waals surface area contributed by atoms with E-state index < -0.39 is 22.4 Å². The first-order valence-corrected chi connectivity index (χ1v) is 5.06. The number of nitro benzene ring substituents is 1. The third kappa shape index (κ3) is 2.48. The number of nitriles is 1. The van der Waals surface area contributed by atoms with Gasteiger partial charge in [-0.2, -0.15) is 5.26 Å². The molecule has 7 heteroatoms. The zero-order valence-corrected chi connectivity index (χ0v) is 9.64. The van der Waals surface area contributed by atoms with Crippen LogP contribution in [0.3, 0.4) is 0 Å². The lowest BCUT2D eigenvalue weighted by molar-refractivity contribution is -0.386. The molecule has 0 amide bonds. The molecule has 1 rings (SSSR count). The second kappa shape index (κ2) is 4.92. The number of nitrogens with zero attached hydrogens (tertiary/aromatic N) is 2. The highest BCUT2D eigenvalue weighted by atomic mass is 79.9. The smallest absolute Gasteiger partial charge is 0.312 e. The molecule has 0 unspecified atom stereocenters. The molecule has 0 aliphatic rings. The van der Waals surface area contributed by atoms with E-state index in [0.29, 0.717) is 4.47 Å². The Kier molecular flexibility index (Phi) is 3.82. The van der Waals surface area contributed by atoms with Crippen LogP contribution in [0.1, 0.15) is 18.0 Å². The van der Waals surface area contributed by atoms with Crippen molar-refractivity contribution in [1.82, 2.24) is 0 Å². The van der Waals surface area contributed by atoms with Crippen LogP contribution < -0.4 is 5.73 Å². The first-order chi connectivity index (χ1) is 7.47. The van der Waals surface area contributed by atoms with Gasteiger partial charge in [-0.15, -0.1) is 0 Å². The summed E-state index contributed by atoms with van der Waals surface area (Å²) in [6, 6.07) is 3.73. The largest absolute Gasteiger partial charge is 0.502 e. The van der Waals surface area contributed by atoms with Crippen molar-refractivity contribution in [1.29, 1.82) is 5.26 Å². The maximum atomic E-state index is 10.6. The number of rotatable bonds is 3. The van der Waals surface area contributed by atoms with Crippen LogP contribution in [0.15, 0.2) is 16.6 Å². The SMILES string of the molecule is N#CC[C@@H](N)c1cc(Br)cc([N+](=O)[O-])c1O. The highest BCUT2D eigenvalue weighted by Gasteiger charge is 2.21. The van der Waals surface area contributed by atoms with E-state index in [-0.39, 0.29) is 12.0 Å². The van der Waals surface area contributed by atoms with E-state index in [4.69, 9.17) is 11.0 Å². The summed E-state index contributed by atoms with van der Waals surface area (Å²) < 4.78 is 0.431. The third-order valence-corrected chi connectivity index (χ3v) is 2.45. The molecule has 0 bridgehead atoms. The number of halogens is 1. The number of phenols is 1. The Bertz CT molecular complexity index is 470. The Morgan fingerprint density at radius 2 is 2.31 bits per heavy atom. The number of phenolic OH excluding ortho intramolecular Hbond substituents is 1. The van der Waals surface area contributed by atoms with E-state index in [2.05, 4.69) is 15.9 Å². The second-order valence-electron chi connectivity index (χ2n) is 3.09. The van der Waals surface area contributed by atoms with Gasteiger partial charge in [0.2, 0.25) is 0 Å². The first-order valence-electron chi connectivity index (χ1n) is 4.26. The van der Waals surface area contributed by atoms with E-state index in [1.807, 2.05) is 6.07 Å². The van der Waals surface area contributed by atoms with Crippen molar-refractivity contribution in [3.8, 4) is 11.8 Å². The van der Waals surface area contributed by atoms with Gasteiger partial charge in [0.05, 0.1) is 17.4 Å². The number of aromatic hydroxyl groups is 1. The topological polar surface area (TPSA) is 113 Å². The van der Waals surface area contributed by atoms with Gasteiger partial charge in [0.15, 0.2) is 5.75 Å². The lowest BCUT2D eigenvalue weighted by Gasteiger charge is -2.10. The molecule has 0 spiro atoms. The highest BCUT2D eigenvalue weighted by molar-refractivity contribution is 9.10. The molecule has 0 fully saturated rings. The molecule has 0 saturated heterocycles. The summed E-state index contributed by atoms with van der Waals surface area (Å²) in [6.45, 7) is 0. The lowest BCUT2D eigenvalue weighted by Crippen LogP contribution is -2.10. The molecule has 0 aliphatic heterocycles. The molecule has 0 aromatic heterocycles. The average Bonchev–Trinajstić information content (AvgIpc) is 2.20. The van der Waals surface area contributed by atoms with Gasteiger partial charge >= 0.3 is 5.69 Å². The minimum absolute atomic E-state index is 0.0266. The van der Waals surface area contributed by atoms with E-state index >= 15 is 0 Å². The summed E-state index contributed by atoms with van der Waals surface area (Å²) in [5.41, 5.74) is 5.37. The zero-order chi connectivity index (χ0) is 12.3. The van der Waals surface area contributed by atoms with Crippen molar-refractivity contribution < 1.29 is 10.0 Å². The number of hydrogen-bond donors (Lipinski definition) is 2. The second-order valence-corrected chi connectivity index (χ2v) is 4.00. The summed E-state index contributed by atoms with van der Waals surface area (Å²) in [4.78, 5) is 9.92. The Hall–Kier alpha value is -1.65. The minimum Gasteiger partial charge on any atom is -0.502 e. The van der Waals surface area contributed by atoms with Crippen LogP contribution >= 0.6 is 15.9 Å². The lowest BCUT2D eigenvalue weighted by atomic mass is 10.0. The minimum atomic E-state index is -0.749. The fourth-order valence-corrected chi connectivity index (χ4v) is 1.70. The van der Waals surface area contributed by atoms with Crippen LogP contribution in [0.2, 0.25) is 0 Å². The fraction of sp³-hybridized carbons (Fsp3) is 0.222. The van der Waals surface area contributed by atoms with Gasteiger partial charge < -0.3 is 10.8 Å². The molecular formula is C9H8BrN3O3. The molecule has 6 nitrogen and oxygen atoms in total. The molecule has 84 valence electrons. The maximum absolute atomic E-state index is 10.6. The predicted octanol–water partition coefficient (Wildman–Crippen LogP) is 1.98. The Labute approximate surface area is 99.6 Å². The standard InChI is InChI=1S/C9H8BrN3O3/c10-5-3-6(7(12)1-2-11)9(14)8(4-5)13(15)16/h3-4,7,14H,1,12H2/t7-/m1/s1. The average molecular weight is 286 g/mol. The summed E-state index contributed by atoms with van der Waals surface area (Å²) in [5, 5.41) is 28.7. The van der Waals surface area contributed by atoms with E-state index in [1.165, 1.54) is 12.1 Å². The summed E-state index contributed by atoms with van der Waals surface area (Å²) in [7, 11) is 0. The maximum Gasteiger partial charge on any atom is 0.312 e. The normalized spacial score (nSPS) is 11.8. The van der Waals surface area contributed by atoms with Crippen LogP contribution in [-0.4, -0.2) is 10.0 Å². The van der Waals surface area contributed by atoms with Gasteiger partial charge in [-0.1, -0.05) is 15.9 Å². The number of nitrogens with two attached hydrogens (primary N) is 1. The molecule has 16 heavy (non-hydrogen) atoms. The van der Waals surface area contributed by atoms with Gasteiger partial charge in [0, 0.05) is 22.1 Å². The zero-order valence-electron chi connectivity index (χ0n) is 8.05. The monoisotopic (exact) mass is 285 g/mol. The van der Waals surface area contributed by atoms with Crippen LogP contribution in [0.5, 0.6) is 5.75 Å². The molecule has 0 aliphatic carbocycles. The van der Waals surface area contributed by atoms with Crippen molar-refractivity contribution in [2.75, 3.05) is 0 Å². The Morgan fingerprint density at radius 1 is 1.69 bits per heavy atom. The fourth-order valence-electron chi connectivity index (χ4n) is 1.24. The van der Waals surface area contributed by atoms with Crippen molar-refractivity contribution in [2.24, 2.45) is 5.73 Å². The van der Waals surface area contributed by atoms with Crippen LogP contribution in [0.4, 0.5) is 5.69 Å². The van der Waals surface area contributed by atoms with Crippen molar-refractivity contribution in [3.63, 3.8) is 0 Å². The summed E-state index contributed by atoms with van der Waals surface area (Å²) in [6.07, 6.45) is -0.0266.